The molecule has 0 radical (unpaired) electrons. The number of halogens is 1. The zero-order valence-electron chi connectivity index (χ0n) is 11.9. The van der Waals surface area contributed by atoms with Gasteiger partial charge in [0.05, 0.1) is 26.0 Å². The summed E-state index contributed by atoms with van der Waals surface area (Å²) in [7, 11) is 1.52. The Kier molecular flexibility index (Phi) is 4.28. The van der Waals surface area contributed by atoms with Gasteiger partial charge >= 0.3 is 0 Å². The Morgan fingerprint density at radius 1 is 1.41 bits per heavy atom. The second-order valence-electron chi connectivity index (χ2n) is 4.78. The van der Waals surface area contributed by atoms with E-state index in [2.05, 4.69) is 25.9 Å². The summed E-state index contributed by atoms with van der Waals surface area (Å²) in [5.41, 5.74) is 0. The highest BCUT2D eigenvalue weighted by atomic mass is 79.9. The summed E-state index contributed by atoms with van der Waals surface area (Å²) in [6, 6.07) is 3.34. The topological polar surface area (TPSA) is 77.7 Å². The van der Waals surface area contributed by atoms with Crippen LogP contribution in [-0.4, -0.2) is 47.1 Å². The lowest BCUT2D eigenvalue weighted by Crippen LogP contribution is -2.30. The van der Waals surface area contributed by atoms with Gasteiger partial charge in [0.15, 0.2) is 10.4 Å². The molecule has 0 spiro atoms. The van der Waals surface area contributed by atoms with Crippen LogP contribution in [0.4, 0.5) is 0 Å². The third-order valence-electron chi connectivity index (χ3n) is 3.30. The number of aromatic nitrogens is 2. The van der Waals surface area contributed by atoms with Crippen molar-refractivity contribution in [1.82, 2.24) is 14.9 Å². The lowest BCUT2D eigenvalue weighted by Gasteiger charge is -2.15. The molecule has 116 valence electrons. The van der Waals surface area contributed by atoms with Crippen LogP contribution in [0.2, 0.25) is 0 Å². The summed E-state index contributed by atoms with van der Waals surface area (Å²) < 4.78 is 16.6. The molecule has 7 nitrogen and oxygen atoms in total. The number of furan rings is 1. The van der Waals surface area contributed by atoms with Crippen LogP contribution in [0, 0.1) is 0 Å². The summed E-state index contributed by atoms with van der Waals surface area (Å²) in [6.45, 7) is 1.09. The Morgan fingerprint density at radius 3 is 2.95 bits per heavy atom. The van der Waals surface area contributed by atoms with Crippen LogP contribution < -0.4 is 9.47 Å². The van der Waals surface area contributed by atoms with E-state index in [-0.39, 0.29) is 12.0 Å². The van der Waals surface area contributed by atoms with Gasteiger partial charge in [-0.15, -0.1) is 0 Å². The van der Waals surface area contributed by atoms with E-state index in [9.17, 15) is 4.79 Å². The number of carbonyl (C=O) groups is 1. The number of hydrogen-bond acceptors (Lipinski definition) is 6. The van der Waals surface area contributed by atoms with E-state index in [0.29, 0.717) is 35.3 Å². The molecule has 0 aromatic carbocycles. The van der Waals surface area contributed by atoms with Gasteiger partial charge in [-0.2, -0.15) is 4.98 Å². The molecule has 1 fully saturated rings. The number of carbonyl (C=O) groups excluding carboxylic acids is 1. The van der Waals surface area contributed by atoms with Gasteiger partial charge < -0.3 is 18.8 Å². The van der Waals surface area contributed by atoms with E-state index >= 15 is 0 Å². The highest BCUT2D eigenvalue weighted by Gasteiger charge is 2.30. The SMILES string of the molecule is COc1cncc(O[C@H]2CCN(C(=O)c3ccc(Br)o3)C2)n1. The molecule has 1 aliphatic heterocycles. The van der Waals surface area contributed by atoms with Crippen molar-refractivity contribution in [2.45, 2.75) is 12.5 Å². The lowest BCUT2D eigenvalue weighted by atomic mass is 10.3. The van der Waals surface area contributed by atoms with Crippen LogP contribution in [0.1, 0.15) is 17.0 Å². The van der Waals surface area contributed by atoms with Crippen molar-refractivity contribution in [3.05, 3.63) is 35.0 Å². The molecule has 0 saturated carbocycles. The Hall–Kier alpha value is -2.09. The predicted octanol–water partition coefficient (Wildman–Crippen LogP) is 2.13. The van der Waals surface area contributed by atoms with Crippen molar-refractivity contribution in [3.63, 3.8) is 0 Å². The number of methoxy groups -OCH3 is 1. The zero-order chi connectivity index (χ0) is 15.5. The second kappa shape index (κ2) is 6.35. The standard InChI is InChI=1S/C14H14BrN3O4/c1-20-12-6-16-7-13(17-12)21-9-4-5-18(8-9)14(19)10-2-3-11(15)22-10/h2-3,6-7,9H,4-5,8H2,1H3/t9-/m0/s1. The van der Waals surface area contributed by atoms with Crippen LogP contribution in [-0.2, 0) is 0 Å². The normalized spacial score (nSPS) is 17.5. The second-order valence-corrected chi connectivity index (χ2v) is 5.56. The van der Waals surface area contributed by atoms with E-state index in [4.69, 9.17) is 13.9 Å². The van der Waals surface area contributed by atoms with Crippen LogP contribution in [0.25, 0.3) is 0 Å². The lowest BCUT2D eigenvalue weighted by molar-refractivity contribution is 0.0738. The van der Waals surface area contributed by atoms with E-state index in [1.54, 1.807) is 17.0 Å². The average Bonchev–Trinajstić information content (AvgIpc) is 3.16. The molecular formula is C14H14BrN3O4. The summed E-state index contributed by atoms with van der Waals surface area (Å²) in [5, 5.41) is 0. The Bertz CT molecular complexity index is 676. The van der Waals surface area contributed by atoms with E-state index in [1.807, 2.05) is 0 Å². The number of amides is 1. The maximum Gasteiger partial charge on any atom is 0.289 e. The first-order valence-electron chi connectivity index (χ1n) is 6.73. The Balaban J connectivity index is 1.61. The van der Waals surface area contributed by atoms with Gasteiger partial charge in [-0.25, -0.2) is 0 Å². The number of ether oxygens (including phenoxy) is 2. The average molecular weight is 368 g/mol. The van der Waals surface area contributed by atoms with Crippen LogP contribution in [0.3, 0.4) is 0 Å². The molecule has 0 bridgehead atoms. The molecule has 8 heteroatoms. The maximum absolute atomic E-state index is 12.3. The van der Waals surface area contributed by atoms with Gasteiger partial charge in [0.2, 0.25) is 11.8 Å². The van der Waals surface area contributed by atoms with E-state index in [1.165, 1.54) is 19.5 Å². The van der Waals surface area contributed by atoms with Gasteiger partial charge in [-0.1, -0.05) is 0 Å². The number of likely N-dealkylation sites (tertiary alicyclic amines) is 1. The van der Waals surface area contributed by atoms with E-state index in [0.717, 1.165) is 6.42 Å². The Morgan fingerprint density at radius 2 is 2.23 bits per heavy atom. The largest absolute Gasteiger partial charge is 0.480 e. The first-order valence-corrected chi connectivity index (χ1v) is 7.52. The molecule has 1 aliphatic rings. The molecule has 1 atom stereocenters. The molecule has 0 aliphatic carbocycles. The fourth-order valence-corrected chi connectivity index (χ4v) is 2.56. The van der Waals surface area contributed by atoms with Crippen molar-refractivity contribution < 1.29 is 18.7 Å². The van der Waals surface area contributed by atoms with Gasteiger partial charge in [0.25, 0.3) is 5.91 Å². The highest BCUT2D eigenvalue weighted by Crippen LogP contribution is 2.21. The molecule has 22 heavy (non-hydrogen) atoms. The molecule has 2 aromatic heterocycles. The van der Waals surface area contributed by atoms with Crippen molar-refractivity contribution in [2.24, 2.45) is 0 Å². The van der Waals surface area contributed by atoms with Crippen molar-refractivity contribution >= 4 is 21.8 Å². The zero-order valence-corrected chi connectivity index (χ0v) is 13.4. The minimum absolute atomic E-state index is 0.122. The van der Waals surface area contributed by atoms with Gasteiger partial charge in [-0.05, 0) is 28.1 Å². The third-order valence-corrected chi connectivity index (χ3v) is 3.73. The van der Waals surface area contributed by atoms with E-state index < -0.39 is 0 Å². The smallest absolute Gasteiger partial charge is 0.289 e. The van der Waals surface area contributed by atoms with Crippen LogP contribution >= 0.6 is 15.9 Å². The van der Waals surface area contributed by atoms with Crippen LogP contribution in [0.15, 0.2) is 33.6 Å². The number of rotatable bonds is 4. The molecule has 1 amide bonds. The van der Waals surface area contributed by atoms with Crippen LogP contribution in [0.5, 0.6) is 11.8 Å². The molecule has 3 rings (SSSR count). The molecule has 0 N–H and O–H groups in total. The van der Waals surface area contributed by atoms with Crippen molar-refractivity contribution in [1.29, 1.82) is 0 Å². The van der Waals surface area contributed by atoms with Crippen molar-refractivity contribution in [3.8, 4) is 11.8 Å². The van der Waals surface area contributed by atoms with Crippen molar-refractivity contribution in [2.75, 3.05) is 20.2 Å². The number of hydrogen-bond donors (Lipinski definition) is 0. The molecule has 3 heterocycles. The maximum atomic E-state index is 12.3. The molecule has 2 aromatic rings. The fraction of sp³-hybridized carbons (Fsp3) is 0.357. The quantitative estimate of drug-likeness (QED) is 0.823. The minimum Gasteiger partial charge on any atom is -0.480 e. The fourth-order valence-electron chi connectivity index (χ4n) is 2.25. The molecule has 1 saturated heterocycles. The van der Waals surface area contributed by atoms with Gasteiger partial charge in [0.1, 0.15) is 6.10 Å². The summed E-state index contributed by atoms with van der Waals surface area (Å²) in [6.07, 6.45) is 3.64. The minimum atomic E-state index is -0.145. The summed E-state index contributed by atoms with van der Waals surface area (Å²) in [4.78, 5) is 22.1. The third kappa shape index (κ3) is 3.22. The predicted molar refractivity (Wildman–Crippen MR) is 79.9 cm³/mol. The summed E-state index contributed by atoms with van der Waals surface area (Å²) in [5.74, 6) is 0.950. The Labute approximate surface area is 135 Å². The molecule has 0 unspecified atom stereocenters. The first kappa shape index (κ1) is 14.8. The van der Waals surface area contributed by atoms with Gasteiger partial charge in [0, 0.05) is 13.0 Å². The molecular weight excluding hydrogens is 354 g/mol. The number of nitrogens with zero attached hydrogens (tertiary/aromatic N) is 3. The summed E-state index contributed by atoms with van der Waals surface area (Å²) >= 11 is 3.19. The monoisotopic (exact) mass is 367 g/mol. The highest BCUT2D eigenvalue weighted by molar-refractivity contribution is 9.10. The van der Waals surface area contributed by atoms with Gasteiger partial charge in [-0.3, -0.25) is 9.78 Å². The first-order chi connectivity index (χ1) is 10.7.